The summed E-state index contributed by atoms with van der Waals surface area (Å²) in [6, 6.07) is 0. The normalized spacial score (nSPS) is 14.6. The third-order valence-electron chi connectivity index (χ3n) is 2.86. The van der Waals surface area contributed by atoms with Gasteiger partial charge < -0.3 is 5.32 Å². The summed E-state index contributed by atoms with van der Waals surface area (Å²) >= 11 is 0. The molecule has 1 N–H and O–H groups in total. The third kappa shape index (κ3) is 3.39. The number of hydrogen-bond donors (Lipinski definition) is 1. The van der Waals surface area contributed by atoms with Crippen LogP contribution in [0.4, 0.5) is 5.82 Å². The van der Waals surface area contributed by atoms with Gasteiger partial charge in [0.05, 0.1) is 5.75 Å². The molecule has 0 atom stereocenters. The van der Waals surface area contributed by atoms with Gasteiger partial charge in [-0.15, -0.1) is 0 Å². The highest BCUT2D eigenvalue weighted by Crippen LogP contribution is 2.24. The Labute approximate surface area is 102 Å². The maximum Gasteiger partial charge on any atom is 0.147 e. The summed E-state index contributed by atoms with van der Waals surface area (Å²) in [6.07, 6.45) is 6.61. The van der Waals surface area contributed by atoms with E-state index in [9.17, 15) is 8.42 Å². The molecule has 94 valence electrons. The van der Waals surface area contributed by atoms with Crippen LogP contribution in [0.25, 0.3) is 0 Å². The van der Waals surface area contributed by atoms with E-state index in [4.69, 9.17) is 0 Å². The quantitative estimate of drug-likeness (QED) is 0.788. The lowest BCUT2D eigenvalue weighted by Crippen LogP contribution is -2.11. The highest BCUT2D eigenvalue weighted by molar-refractivity contribution is 7.90. The van der Waals surface area contributed by atoms with Gasteiger partial charge in [-0.1, -0.05) is 0 Å². The molecule has 0 saturated heterocycles. The van der Waals surface area contributed by atoms with E-state index in [2.05, 4.69) is 15.3 Å². The molecular weight excluding hydrogens is 238 g/mol. The molecule has 6 heteroatoms. The molecule has 0 spiro atoms. The van der Waals surface area contributed by atoms with E-state index in [1.54, 1.807) is 6.33 Å². The largest absolute Gasteiger partial charge is 0.370 e. The van der Waals surface area contributed by atoms with E-state index >= 15 is 0 Å². The van der Waals surface area contributed by atoms with Crippen LogP contribution < -0.4 is 5.32 Å². The average molecular weight is 255 g/mol. The maximum absolute atomic E-state index is 11.0. The fraction of sp³-hybridized carbons (Fsp3) is 0.636. The molecule has 0 aromatic carbocycles. The number of aromatic nitrogens is 2. The van der Waals surface area contributed by atoms with Crippen molar-refractivity contribution in [2.75, 3.05) is 23.9 Å². The summed E-state index contributed by atoms with van der Waals surface area (Å²) in [4.78, 5) is 8.45. The Morgan fingerprint density at radius 1 is 1.35 bits per heavy atom. The second-order valence-electron chi connectivity index (χ2n) is 4.41. The number of rotatable bonds is 5. The van der Waals surface area contributed by atoms with Crippen molar-refractivity contribution < 1.29 is 8.42 Å². The minimum atomic E-state index is -2.86. The molecule has 1 heterocycles. The van der Waals surface area contributed by atoms with Gasteiger partial charge >= 0.3 is 0 Å². The highest BCUT2D eigenvalue weighted by Gasteiger charge is 2.16. The first-order chi connectivity index (χ1) is 8.06. The molecule has 0 bridgehead atoms. The smallest absolute Gasteiger partial charge is 0.147 e. The number of nitrogens with one attached hydrogen (secondary N) is 1. The number of nitrogens with zero attached hydrogens (tertiary/aromatic N) is 2. The summed E-state index contributed by atoms with van der Waals surface area (Å²) in [5.41, 5.74) is 2.33. The maximum atomic E-state index is 11.0. The lowest BCUT2D eigenvalue weighted by atomic mass is 10.2. The van der Waals surface area contributed by atoms with Crippen molar-refractivity contribution in [3.63, 3.8) is 0 Å². The van der Waals surface area contributed by atoms with Crippen LogP contribution in [0.15, 0.2) is 6.33 Å². The minimum absolute atomic E-state index is 0.216. The molecule has 1 aromatic heterocycles. The molecule has 0 aliphatic heterocycles. The van der Waals surface area contributed by atoms with Crippen molar-refractivity contribution in [1.82, 2.24) is 9.97 Å². The van der Waals surface area contributed by atoms with Gasteiger partial charge in [-0.3, -0.25) is 0 Å². The van der Waals surface area contributed by atoms with E-state index in [1.165, 1.54) is 11.8 Å². The number of sulfone groups is 1. The van der Waals surface area contributed by atoms with Gasteiger partial charge in [0, 0.05) is 24.1 Å². The van der Waals surface area contributed by atoms with Crippen LogP contribution in [-0.4, -0.2) is 36.9 Å². The molecule has 0 radical (unpaired) electrons. The van der Waals surface area contributed by atoms with Crippen LogP contribution in [0, 0.1) is 0 Å². The van der Waals surface area contributed by atoms with E-state index in [1.807, 2.05) is 0 Å². The predicted octanol–water partition coefficient (Wildman–Crippen LogP) is 0.812. The molecule has 5 nitrogen and oxygen atoms in total. The molecule has 17 heavy (non-hydrogen) atoms. The lowest BCUT2D eigenvalue weighted by Gasteiger charge is -2.08. The van der Waals surface area contributed by atoms with E-state index in [0.29, 0.717) is 13.0 Å². The highest BCUT2D eigenvalue weighted by atomic mass is 32.2. The van der Waals surface area contributed by atoms with Crippen molar-refractivity contribution in [2.45, 2.75) is 25.7 Å². The van der Waals surface area contributed by atoms with Crippen LogP contribution >= 0.6 is 0 Å². The zero-order chi connectivity index (χ0) is 12.3. The second kappa shape index (κ2) is 5.00. The summed E-state index contributed by atoms with van der Waals surface area (Å²) in [7, 11) is -2.86. The Bertz CT molecular complexity index is 499. The number of anilines is 1. The Morgan fingerprint density at radius 3 is 2.94 bits per heavy atom. The lowest BCUT2D eigenvalue weighted by molar-refractivity contribution is 0.600. The molecule has 1 aliphatic rings. The average Bonchev–Trinajstić information content (AvgIpc) is 2.71. The van der Waals surface area contributed by atoms with Gasteiger partial charge in [-0.25, -0.2) is 18.4 Å². The fourth-order valence-electron chi connectivity index (χ4n) is 2.05. The molecule has 2 rings (SSSR count). The van der Waals surface area contributed by atoms with Gasteiger partial charge in [-0.2, -0.15) is 0 Å². The molecule has 1 aliphatic carbocycles. The topological polar surface area (TPSA) is 72.0 Å². The zero-order valence-electron chi connectivity index (χ0n) is 9.94. The molecular formula is C11H17N3O2S. The van der Waals surface area contributed by atoms with Gasteiger partial charge in [0.25, 0.3) is 0 Å². The van der Waals surface area contributed by atoms with Crippen molar-refractivity contribution in [2.24, 2.45) is 0 Å². The second-order valence-corrected chi connectivity index (χ2v) is 6.67. The van der Waals surface area contributed by atoms with Crippen molar-refractivity contribution >= 4 is 15.7 Å². The molecule has 0 saturated carbocycles. The minimum Gasteiger partial charge on any atom is -0.370 e. The van der Waals surface area contributed by atoms with Crippen LogP contribution in [0.3, 0.4) is 0 Å². The monoisotopic (exact) mass is 255 g/mol. The van der Waals surface area contributed by atoms with E-state index in [0.717, 1.165) is 30.8 Å². The number of aryl methyl sites for hydroxylation is 1. The first-order valence-electron chi connectivity index (χ1n) is 5.80. The Hall–Kier alpha value is -1.17. The van der Waals surface area contributed by atoms with Gasteiger partial charge in [-0.05, 0) is 25.7 Å². The van der Waals surface area contributed by atoms with Crippen molar-refractivity contribution in [3.8, 4) is 0 Å². The third-order valence-corrected chi connectivity index (χ3v) is 3.89. The zero-order valence-corrected chi connectivity index (χ0v) is 10.8. The molecule has 0 unspecified atom stereocenters. The SMILES string of the molecule is CS(=O)(=O)CCCNc1ncnc2c1CCC2. The van der Waals surface area contributed by atoms with Gasteiger partial charge in [0.2, 0.25) is 0 Å². The van der Waals surface area contributed by atoms with Crippen LogP contribution in [0.2, 0.25) is 0 Å². The fourth-order valence-corrected chi connectivity index (χ4v) is 2.72. The molecule has 0 amide bonds. The summed E-state index contributed by atoms with van der Waals surface area (Å²) in [6.45, 7) is 0.635. The first kappa shape index (κ1) is 12.3. The summed E-state index contributed by atoms with van der Waals surface area (Å²) in [5, 5.41) is 3.20. The van der Waals surface area contributed by atoms with Crippen LogP contribution in [0.1, 0.15) is 24.1 Å². The van der Waals surface area contributed by atoms with Gasteiger partial charge in [0.1, 0.15) is 22.0 Å². The van der Waals surface area contributed by atoms with Crippen LogP contribution in [-0.2, 0) is 22.7 Å². The first-order valence-corrected chi connectivity index (χ1v) is 7.87. The number of fused-ring (bicyclic) bond motifs is 1. The number of hydrogen-bond acceptors (Lipinski definition) is 5. The Balaban J connectivity index is 1.90. The molecule has 1 aromatic rings. The standard InChI is InChI=1S/C11H17N3O2S/c1-17(15,16)7-3-6-12-11-9-4-2-5-10(9)13-8-14-11/h8H,2-7H2,1H3,(H,12,13,14). The predicted molar refractivity (Wildman–Crippen MR) is 66.9 cm³/mol. The molecule has 0 fully saturated rings. The van der Waals surface area contributed by atoms with E-state index in [-0.39, 0.29) is 5.75 Å². The van der Waals surface area contributed by atoms with Crippen LogP contribution in [0.5, 0.6) is 0 Å². The Kier molecular flexibility index (Phi) is 3.61. The van der Waals surface area contributed by atoms with Crippen molar-refractivity contribution in [3.05, 3.63) is 17.6 Å². The van der Waals surface area contributed by atoms with Crippen molar-refractivity contribution in [1.29, 1.82) is 0 Å². The summed E-state index contributed by atoms with van der Waals surface area (Å²) in [5.74, 6) is 1.09. The van der Waals surface area contributed by atoms with E-state index < -0.39 is 9.84 Å². The summed E-state index contributed by atoms with van der Waals surface area (Å²) < 4.78 is 22.0. The van der Waals surface area contributed by atoms with Gasteiger partial charge in [0.15, 0.2) is 0 Å². The Morgan fingerprint density at radius 2 is 2.18 bits per heavy atom.